The summed E-state index contributed by atoms with van der Waals surface area (Å²) in [4.78, 5) is 1.94. The standard InChI is InChI=1S/C10H22N4/c1-9(2)6-5-7-12-10(13-8-11)14(3)4/h9-10,12-13H,5-7H2,1-4H3. The van der Waals surface area contributed by atoms with Crippen molar-refractivity contribution in [2.75, 3.05) is 20.6 Å². The summed E-state index contributed by atoms with van der Waals surface area (Å²) in [6, 6.07) is 0. The van der Waals surface area contributed by atoms with Crippen molar-refractivity contribution in [2.45, 2.75) is 33.0 Å². The lowest BCUT2D eigenvalue weighted by Crippen LogP contribution is -2.50. The molecule has 2 N–H and O–H groups in total. The number of nitrogens with zero attached hydrogens (tertiary/aromatic N) is 2. The average molecular weight is 198 g/mol. The lowest BCUT2D eigenvalue weighted by molar-refractivity contribution is 0.223. The van der Waals surface area contributed by atoms with E-state index in [-0.39, 0.29) is 6.29 Å². The highest BCUT2D eigenvalue weighted by Crippen LogP contribution is 2.01. The lowest BCUT2D eigenvalue weighted by Gasteiger charge is -2.23. The molecule has 0 fully saturated rings. The van der Waals surface area contributed by atoms with Gasteiger partial charge in [0.25, 0.3) is 0 Å². The zero-order valence-corrected chi connectivity index (χ0v) is 9.67. The fourth-order valence-electron chi connectivity index (χ4n) is 1.17. The number of hydrogen-bond donors (Lipinski definition) is 2. The summed E-state index contributed by atoms with van der Waals surface area (Å²) in [5, 5.41) is 14.5. The fraction of sp³-hybridized carbons (Fsp3) is 0.900. The molecule has 1 unspecified atom stereocenters. The molecular weight excluding hydrogens is 176 g/mol. The molecule has 0 aromatic rings. The minimum Gasteiger partial charge on any atom is -0.294 e. The Kier molecular flexibility index (Phi) is 7.17. The Labute approximate surface area is 87.3 Å². The Hall–Kier alpha value is -0.790. The minimum absolute atomic E-state index is 0.0489. The van der Waals surface area contributed by atoms with Crippen LogP contribution < -0.4 is 10.6 Å². The molecule has 0 aromatic carbocycles. The van der Waals surface area contributed by atoms with E-state index in [0.29, 0.717) is 0 Å². The van der Waals surface area contributed by atoms with E-state index < -0.39 is 0 Å². The van der Waals surface area contributed by atoms with Crippen molar-refractivity contribution in [3.8, 4) is 6.19 Å². The number of nitriles is 1. The Morgan fingerprint density at radius 3 is 2.43 bits per heavy atom. The molecule has 0 bridgehead atoms. The van der Waals surface area contributed by atoms with Crippen molar-refractivity contribution in [1.82, 2.24) is 15.5 Å². The first-order valence-corrected chi connectivity index (χ1v) is 5.12. The summed E-state index contributed by atoms with van der Waals surface area (Å²) in [5.41, 5.74) is 0. The highest BCUT2D eigenvalue weighted by Gasteiger charge is 2.07. The Bertz CT molecular complexity index is 171. The van der Waals surface area contributed by atoms with Crippen LogP contribution in [0.3, 0.4) is 0 Å². The Morgan fingerprint density at radius 2 is 2.00 bits per heavy atom. The van der Waals surface area contributed by atoms with Gasteiger partial charge in [0.1, 0.15) is 6.29 Å². The molecule has 0 radical (unpaired) electrons. The first-order chi connectivity index (χ1) is 6.57. The van der Waals surface area contributed by atoms with E-state index in [0.717, 1.165) is 18.9 Å². The van der Waals surface area contributed by atoms with E-state index in [2.05, 4.69) is 24.5 Å². The summed E-state index contributed by atoms with van der Waals surface area (Å²) in [7, 11) is 3.87. The normalized spacial score (nSPS) is 12.9. The van der Waals surface area contributed by atoms with Gasteiger partial charge in [-0.05, 0) is 39.4 Å². The zero-order chi connectivity index (χ0) is 11.0. The van der Waals surface area contributed by atoms with Crippen molar-refractivity contribution >= 4 is 0 Å². The molecule has 1 atom stereocenters. The second-order valence-corrected chi connectivity index (χ2v) is 4.11. The predicted octanol–water partition coefficient (Wildman–Crippen LogP) is 0.928. The van der Waals surface area contributed by atoms with Crippen molar-refractivity contribution < 1.29 is 0 Å². The van der Waals surface area contributed by atoms with Crippen LogP contribution >= 0.6 is 0 Å². The largest absolute Gasteiger partial charge is 0.294 e. The van der Waals surface area contributed by atoms with E-state index >= 15 is 0 Å². The maximum Gasteiger partial charge on any atom is 0.178 e. The summed E-state index contributed by atoms with van der Waals surface area (Å²) in [6.45, 7) is 5.38. The molecule has 0 aliphatic heterocycles. The van der Waals surface area contributed by atoms with Crippen LogP contribution in [0.2, 0.25) is 0 Å². The van der Waals surface area contributed by atoms with Gasteiger partial charge in [-0.3, -0.25) is 15.5 Å². The highest BCUT2D eigenvalue weighted by molar-refractivity contribution is 4.72. The number of rotatable bonds is 7. The van der Waals surface area contributed by atoms with Crippen LogP contribution in [0.25, 0.3) is 0 Å². The second-order valence-electron chi connectivity index (χ2n) is 4.11. The Morgan fingerprint density at radius 1 is 1.36 bits per heavy atom. The van der Waals surface area contributed by atoms with Crippen molar-refractivity contribution in [3.05, 3.63) is 0 Å². The number of nitrogens with one attached hydrogen (secondary N) is 2. The van der Waals surface area contributed by atoms with E-state index in [1.54, 1.807) is 0 Å². The third kappa shape index (κ3) is 6.70. The molecule has 0 saturated carbocycles. The van der Waals surface area contributed by atoms with Crippen LogP contribution in [0.15, 0.2) is 0 Å². The molecule has 0 spiro atoms. The lowest BCUT2D eigenvalue weighted by atomic mass is 10.1. The number of hydrogen-bond acceptors (Lipinski definition) is 4. The molecule has 0 amide bonds. The van der Waals surface area contributed by atoms with Gasteiger partial charge >= 0.3 is 0 Å². The van der Waals surface area contributed by atoms with Crippen molar-refractivity contribution in [1.29, 1.82) is 5.26 Å². The first-order valence-electron chi connectivity index (χ1n) is 5.12. The van der Waals surface area contributed by atoms with Gasteiger partial charge in [-0.15, -0.1) is 0 Å². The van der Waals surface area contributed by atoms with Gasteiger partial charge < -0.3 is 0 Å². The van der Waals surface area contributed by atoms with Gasteiger partial charge in [0.05, 0.1) is 0 Å². The van der Waals surface area contributed by atoms with Crippen molar-refractivity contribution in [2.24, 2.45) is 5.92 Å². The molecule has 82 valence electrons. The average Bonchev–Trinajstić information content (AvgIpc) is 2.09. The van der Waals surface area contributed by atoms with E-state index in [1.165, 1.54) is 6.42 Å². The third-order valence-corrected chi connectivity index (χ3v) is 2.01. The molecule has 4 nitrogen and oxygen atoms in total. The fourth-order valence-corrected chi connectivity index (χ4v) is 1.17. The van der Waals surface area contributed by atoms with Crippen LogP contribution in [-0.2, 0) is 0 Å². The van der Waals surface area contributed by atoms with Crippen LogP contribution in [0.4, 0.5) is 0 Å². The molecule has 4 heteroatoms. The van der Waals surface area contributed by atoms with Crippen LogP contribution in [0.5, 0.6) is 0 Å². The molecule has 0 heterocycles. The SMILES string of the molecule is CC(C)CCCNC(NC#N)N(C)C. The van der Waals surface area contributed by atoms with Crippen LogP contribution in [0.1, 0.15) is 26.7 Å². The monoisotopic (exact) mass is 198 g/mol. The molecule has 0 aromatic heterocycles. The third-order valence-electron chi connectivity index (χ3n) is 2.01. The molecule has 14 heavy (non-hydrogen) atoms. The highest BCUT2D eigenvalue weighted by atomic mass is 15.3. The van der Waals surface area contributed by atoms with Gasteiger partial charge in [-0.25, -0.2) is 0 Å². The predicted molar refractivity (Wildman–Crippen MR) is 58.3 cm³/mol. The molecule has 0 rings (SSSR count). The summed E-state index contributed by atoms with van der Waals surface area (Å²) >= 11 is 0. The van der Waals surface area contributed by atoms with Gasteiger partial charge in [0.15, 0.2) is 6.19 Å². The summed E-state index contributed by atoms with van der Waals surface area (Å²) in [6.07, 6.45) is 4.27. The summed E-state index contributed by atoms with van der Waals surface area (Å²) < 4.78 is 0. The first kappa shape index (κ1) is 13.2. The smallest absolute Gasteiger partial charge is 0.178 e. The topological polar surface area (TPSA) is 51.1 Å². The molecule has 0 saturated heterocycles. The van der Waals surface area contributed by atoms with Crippen LogP contribution in [0, 0.1) is 17.4 Å². The van der Waals surface area contributed by atoms with Crippen molar-refractivity contribution in [3.63, 3.8) is 0 Å². The zero-order valence-electron chi connectivity index (χ0n) is 9.67. The molecule has 0 aliphatic rings. The van der Waals surface area contributed by atoms with Gasteiger partial charge in [0, 0.05) is 0 Å². The maximum absolute atomic E-state index is 8.50. The van der Waals surface area contributed by atoms with Gasteiger partial charge in [-0.1, -0.05) is 13.8 Å². The quantitative estimate of drug-likeness (QED) is 0.276. The van der Waals surface area contributed by atoms with Gasteiger partial charge in [-0.2, -0.15) is 5.26 Å². The van der Waals surface area contributed by atoms with Gasteiger partial charge in [0.2, 0.25) is 0 Å². The molecular formula is C10H22N4. The van der Waals surface area contributed by atoms with E-state index in [9.17, 15) is 0 Å². The van der Waals surface area contributed by atoms with E-state index in [4.69, 9.17) is 5.26 Å². The molecule has 0 aliphatic carbocycles. The maximum atomic E-state index is 8.50. The Balaban J connectivity index is 3.57. The van der Waals surface area contributed by atoms with Crippen LogP contribution in [-0.4, -0.2) is 31.8 Å². The minimum atomic E-state index is -0.0489. The second kappa shape index (κ2) is 7.60. The van der Waals surface area contributed by atoms with E-state index in [1.807, 2.05) is 25.2 Å². The summed E-state index contributed by atoms with van der Waals surface area (Å²) in [5.74, 6) is 0.749.